The quantitative estimate of drug-likeness (QED) is 0.378. The molecule has 1 aliphatic heterocycles. The van der Waals surface area contributed by atoms with Crippen LogP contribution >= 0.6 is 0 Å². The molecule has 1 fully saturated rings. The summed E-state index contributed by atoms with van der Waals surface area (Å²) in [5.74, 6) is -1.06. The van der Waals surface area contributed by atoms with Crippen molar-refractivity contribution in [2.24, 2.45) is 7.05 Å². The van der Waals surface area contributed by atoms with Gasteiger partial charge in [-0.3, -0.25) is 19.3 Å². The minimum Gasteiger partial charge on any atom is -0.507 e. The molecule has 3 aromatic rings. The molecule has 0 bridgehead atoms. The third kappa shape index (κ3) is 3.53. The van der Waals surface area contributed by atoms with Crippen molar-refractivity contribution >= 4 is 17.4 Å². The molecule has 1 amide bonds. The third-order valence-corrected chi connectivity index (χ3v) is 5.77. The first-order chi connectivity index (χ1) is 15.3. The summed E-state index contributed by atoms with van der Waals surface area (Å²) in [7, 11) is 3.31. The number of methoxy groups -OCH3 is 1. The zero-order valence-electron chi connectivity index (χ0n) is 18.4. The summed E-state index contributed by atoms with van der Waals surface area (Å²) >= 11 is 0. The summed E-state index contributed by atoms with van der Waals surface area (Å²) in [6.07, 6.45) is 3.29. The van der Waals surface area contributed by atoms with E-state index >= 15 is 0 Å². The molecule has 1 aromatic carbocycles. The lowest BCUT2D eigenvalue weighted by atomic mass is 9.94. The molecule has 0 aliphatic carbocycles. The largest absolute Gasteiger partial charge is 0.507 e. The SMILES string of the molecule is COc1cccc([C@H]2C(=C(O)c3c(C)nn(C)c3C)C(=O)C(=O)N2Cc2cccnc2)c1. The highest BCUT2D eigenvalue weighted by Crippen LogP contribution is 2.41. The maximum Gasteiger partial charge on any atom is 0.295 e. The van der Waals surface area contributed by atoms with Crippen molar-refractivity contribution in [3.05, 3.63) is 82.4 Å². The number of carbonyl (C=O) groups excluding carboxylic acids is 2. The van der Waals surface area contributed by atoms with E-state index in [1.54, 1.807) is 69.3 Å². The van der Waals surface area contributed by atoms with Crippen LogP contribution in [-0.4, -0.2) is 43.6 Å². The van der Waals surface area contributed by atoms with Crippen LogP contribution in [0.15, 0.2) is 54.4 Å². The van der Waals surface area contributed by atoms with Crippen molar-refractivity contribution in [2.75, 3.05) is 7.11 Å². The second kappa shape index (κ2) is 8.30. The summed E-state index contributed by atoms with van der Waals surface area (Å²) in [6, 6.07) is 9.98. The van der Waals surface area contributed by atoms with Crippen LogP contribution in [0, 0.1) is 13.8 Å². The molecule has 3 heterocycles. The Balaban J connectivity index is 1.92. The van der Waals surface area contributed by atoms with E-state index in [9.17, 15) is 14.7 Å². The molecule has 1 N–H and O–H groups in total. The molecule has 32 heavy (non-hydrogen) atoms. The molecule has 2 aromatic heterocycles. The molecule has 1 aliphatic rings. The van der Waals surface area contributed by atoms with E-state index in [4.69, 9.17) is 4.74 Å². The lowest BCUT2D eigenvalue weighted by Crippen LogP contribution is -2.29. The van der Waals surface area contributed by atoms with Crippen LogP contribution in [0.3, 0.4) is 0 Å². The summed E-state index contributed by atoms with van der Waals surface area (Å²) in [4.78, 5) is 31.9. The number of hydrogen-bond donors (Lipinski definition) is 1. The lowest BCUT2D eigenvalue weighted by molar-refractivity contribution is -0.140. The number of Topliss-reactive ketones (excluding diaryl/α,β-unsaturated/α-hetero) is 1. The Labute approximate surface area is 185 Å². The van der Waals surface area contributed by atoms with Crippen LogP contribution in [0.25, 0.3) is 5.76 Å². The van der Waals surface area contributed by atoms with Gasteiger partial charge in [-0.1, -0.05) is 18.2 Å². The van der Waals surface area contributed by atoms with Gasteiger partial charge in [-0.2, -0.15) is 5.10 Å². The van der Waals surface area contributed by atoms with Crippen molar-refractivity contribution in [2.45, 2.75) is 26.4 Å². The van der Waals surface area contributed by atoms with E-state index in [1.807, 2.05) is 12.1 Å². The van der Waals surface area contributed by atoms with Gasteiger partial charge in [-0.25, -0.2) is 0 Å². The van der Waals surface area contributed by atoms with Gasteiger partial charge in [0.05, 0.1) is 30.0 Å². The van der Waals surface area contributed by atoms with E-state index in [1.165, 1.54) is 4.90 Å². The predicted molar refractivity (Wildman–Crippen MR) is 118 cm³/mol. The van der Waals surface area contributed by atoms with Gasteiger partial charge in [0.25, 0.3) is 11.7 Å². The molecule has 0 unspecified atom stereocenters. The molecular formula is C24H24N4O4. The number of aliphatic hydroxyl groups is 1. The van der Waals surface area contributed by atoms with Crippen molar-refractivity contribution < 1.29 is 19.4 Å². The van der Waals surface area contributed by atoms with E-state index in [2.05, 4.69) is 10.1 Å². The minimum atomic E-state index is -0.788. The summed E-state index contributed by atoms with van der Waals surface area (Å²) in [6.45, 7) is 3.73. The Morgan fingerprint density at radius 2 is 1.97 bits per heavy atom. The number of pyridine rings is 1. The summed E-state index contributed by atoms with van der Waals surface area (Å²) in [5.41, 5.74) is 3.20. The van der Waals surface area contributed by atoms with Crippen LogP contribution in [0.2, 0.25) is 0 Å². The Morgan fingerprint density at radius 1 is 1.19 bits per heavy atom. The van der Waals surface area contributed by atoms with Crippen molar-refractivity contribution in [1.82, 2.24) is 19.7 Å². The fourth-order valence-electron chi connectivity index (χ4n) is 4.14. The average molecular weight is 432 g/mol. The number of carbonyl (C=O) groups is 2. The number of aromatic nitrogens is 3. The number of benzene rings is 1. The minimum absolute atomic E-state index is 0.0337. The van der Waals surface area contributed by atoms with E-state index in [0.717, 1.165) is 5.56 Å². The Hall–Kier alpha value is -3.94. The Morgan fingerprint density at radius 3 is 2.59 bits per heavy atom. The number of ketones is 1. The number of hydrogen-bond acceptors (Lipinski definition) is 6. The van der Waals surface area contributed by atoms with Gasteiger partial charge >= 0.3 is 0 Å². The molecule has 1 atom stereocenters. The fourth-order valence-corrected chi connectivity index (χ4v) is 4.14. The predicted octanol–water partition coefficient (Wildman–Crippen LogP) is 3.06. The van der Waals surface area contributed by atoms with Gasteiger partial charge in [0.15, 0.2) is 0 Å². The van der Waals surface area contributed by atoms with E-state index < -0.39 is 17.7 Å². The maximum absolute atomic E-state index is 13.2. The Bertz CT molecular complexity index is 1230. The fraction of sp³-hybridized carbons (Fsp3) is 0.250. The number of aliphatic hydroxyl groups excluding tert-OH is 1. The monoisotopic (exact) mass is 432 g/mol. The van der Waals surface area contributed by atoms with Crippen molar-refractivity contribution in [1.29, 1.82) is 0 Å². The molecule has 1 saturated heterocycles. The van der Waals surface area contributed by atoms with Crippen molar-refractivity contribution in [3.8, 4) is 5.75 Å². The van der Waals surface area contributed by atoms with Gasteiger partial charge in [-0.15, -0.1) is 0 Å². The lowest BCUT2D eigenvalue weighted by Gasteiger charge is -2.25. The number of amides is 1. The molecular weight excluding hydrogens is 408 g/mol. The number of likely N-dealkylation sites (tertiary alicyclic amines) is 1. The van der Waals surface area contributed by atoms with Crippen LogP contribution in [0.1, 0.15) is 34.1 Å². The second-order valence-electron chi connectivity index (χ2n) is 7.73. The van der Waals surface area contributed by atoms with Gasteiger partial charge in [0.2, 0.25) is 0 Å². The average Bonchev–Trinajstić information content (AvgIpc) is 3.20. The van der Waals surface area contributed by atoms with Gasteiger partial charge in [-0.05, 0) is 43.2 Å². The van der Waals surface area contributed by atoms with Gasteiger partial charge in [0, 0.05) is 31.7 Å². The topological polar surface area (TPSA) is 97.5 Å². The third-order valence-electron chi connectivity index (χ3n) is 5.77. The highest BCUT2D eigenvalue weighted by Gasteiger charge is 2.46. The van der Waals surface area contributed by atoms with Crippen LogP contribution in [0.5, 0.6) is 5.75 Å². The van der Waals surface area contributed by atoms with Gasteiger partial charge < -0.3 is 14.7 Å². The summed E-state index contributed by atoms with van der Waals surface area (Å²) in [5, 5.41) is 15.7. The molecule has 0 saturated carbocycles. The molecule has 0 radical (unpaired) electrons. The Kier molecular flexibility index (Phi) is 5.52. The zero-order chi connectivity index (χ0) is 23.0. The number of rotatable bonds is 5. The molecule has 8 heteroatoms. The molecule has 8 nitrogen and oxygen atoms in total. The number of aryl methyl sites for hydroxylation is 2. The smallest absolute Gasteiger partial charge is 0.295 e. The molecule has 0 spiro atoms. The first-order valence-electron chi connectivity index (χ1n) is 10.1. The first kappa shape index (κ1) is 21.3. The zero-order valence-corrected chi connectivity index (χ0v) is 18.4. The molecule has 4 rings (SSSR count). The van der Waals surface area contributed by atoms with Gasteiger partial charge in [0.1, 0.15) is 11.5 Å². The normalized spacial score (nSPS) is 17.8. The van der Waals surface area contributed by atoms with E-state index in [-0.39, 0.29) is 17.9 Å². The van der Waals surface area contributed by atoms with Crippen molar-refractivity contribution in [3.63, 3.8) is 0 Å². The van der Waals surface area contributed by atoms with E-state index in [0.29, 0.717) is 28.3 Å². The second-order valence-corrected chi connectivity index (χ2v) is 7.73. The first-order valence-corrected chi connectivity index (χ1v) is 10.1. The highest BCUT2D eigenvalue weighted by molar-refractivity contribution is 6.46. The van der Waals surface area contributed by atoms with Crippen LogP contribution in [-0.2, 0) is 23.2 Å². The van der Waals surface area contributed by atoms with Crippen LogP contribution in [0.4, 0.5) is 0 Å². The number of ether oxygens (including phenoxy) is 1. The van der Waals surface area contributed by atoms with Crippen LogP contribution < -0.4 is 4.74 Å². The number of nitrogens with zero attached hydrogens (tertiary/aromatic N) is 4. The summed E-state index contributed by atoms with van der Waals surface area (Å²) < 4.78 is 6.99. The standard InChI is InChI=1S/C24H24N4O4/c1-14-19(15(2)27(3)26-14)22(29)20-21(17-8-5-9-18(11-17)32-4)28(24(31)23(20)30)13-16-7-6-10-25-12-16/h5-12,21,29H,13H2,1-4H3/t21-/m0/s1. The highest BCUT2D eigenvalue weighted by atomic mass is 16.5. The maximum atomic E-state index is 13.2. The molecule has 164 valence electrons.